The molecule has 1 aromatic carbocycles. The molecule has 9 heteroatoms. The van der Waals surface area contributed by atoms with Crippen LogP contribution in [0.4, 0.5) is 5.69 Å². The highest BCUT2D eigenvalue weighted by Gasteiger charge is 2.34. The second-order valence-corrected chi connectivity index (χ2v) is 5.90. The van der Waals surface area contributed by atoms with Crippen LogP contribution in [-0.4, -0.2) is 43.0 Å². The molecule has 142 valence electrons. The molecule has 9 nitrogen and oxygen atoms in total. The summed E-state index contributed by atoms with van der Waals surface area (Å²) in [5, 5.41) is 13.4. The maximum absolute atomic E-state index is 12.2. The smallest absolute Gasteiger partial charge is 0.329 e. The Morgan fingerprint density at radius 2 is 1.69 bits per heavy atom. The molecule has 0 aromatic heterocycles. The number of esters is 2. The Morgan fingerprint density at radius 1 is 1.12 bits per heavy atom. The molecule has 0 radical (unpaired) electrons. The average Bonchev–Trinajstić information content (AvgIpc) is 2.63. The lowest BCUT2D eigenvalue weighted by Gasteiger charge is -2.26. The number of methoxy groups -OCH3 is 2. The molecule has 1 rings (SSSR count). The zero-order valence-corrected chi connectivity index (χ0v) is 15.1. The number of hydrogen-bond donors (Lipinski definition) is 1. The number of nitrogens with zero attached hydrogens (tertiary/aromatic N) is 1. The van der Waals surface area contributed by atoms with E-state index < -0.39 is 40.6 Å². The van der Waals surface area contributed by atoms with E-state index in [9.17, 15) is 24.5 Å². The summed E-state index contributed by atoms with van der Waals surface area (Å²) in [7, 11) is 2.37. The number of non-ortho nitro benzene ring substituents is 1. The minimum absolute atomic E-state index is 0.133. The van der Waals surface area contributed by atoms with Crippen LogP contribution >= 0.6 is 0 Å². The van der Waals surface area contributed by atoms with Crippen LogP contribution in [0, 0.1) is 16.0 Å². The van der Waals surface area contributed by atoms with Crippen molar-refractivity contribution in [2.45, 2.75) is 32.2 Å². The van der Waals surface area contributed by atoms with Crippen LogP contribution in [0.25, 0.3) is 0 Å². The Labute approximate surface area is 150 Å². The van der Waals surface area contributed by atoms with Crippen LogP contribution in [0.2, 0.25) is 0 Å². The Bertz CT molecular complexity index is 670. The Hall–Kier alpha value is -2.97. The van der Waals surface area contributed by atoms with Crippen LogP contribution in [0.3, 0.4) is 0 Å². The third kappa shape index (κ3) is 5.54. The standard InChI is InChI=1S/C17H22N2O7/c1-10(2)16(21)18-15(17(22)26-4)13(9-14(20)25-3)11-5-7-12(8-6-11)19(23)24/h5-8,10,13,15H,9H2,1-4H3,(H,18,21)/t13-,15-/m1/s1. The summed E-state index contributed by atoms with van der Waals surface area (Å²) in [5.74, 6) is -2.92. The highest BCUT2D eigenvalue weighted by atomic mass is 16.6. The van der Waals surface area contributed by atoms with Gasteiger partial charge >= 0.3 is 11.9 Å². The summed E-state index contributed by atoms with van der Waals surface area (Å²) >= 11 is 0. The van der Waals surface area contributed by atoms with E-state index in [2.05, 4.69) is 10.1 Å². The van der Waals surface area contributed by atoms with Crippen LogP contribution < -0.4 is 5.32 Å². The highest BCUT2D eigenvalue weighted by molar-refractivity contribution is 5.87. The van der Waals surface area contributed by atoms with E-state index in [1.165, 1.54) is 38.5 Å². The third-order valence-electron chi connectivity index (χ3n) is 3.83. The minimum Gasteiger partial charge on any atom is -0.469 e. The predicted molar refractivity (Wildman–Crippen MR) is 91.3 cm³/mol. The van der Waals surface area contributed by atoms with E-state index in [1.54, 1.807) is 13.8 Å². The van der Waals surface area contributed by atoms with Crippen molar-refractivity contribution < 1.29 is 28.8 Å². The van der Waals surface area contributed by atoms with Gasteiger partial charge in [-0.15, -0.1) is 0 Å². The maximum Gasteiger partial charge on any atom is 0.329 e. The fraction of sp³-hybridized carbons (Fsp3) is 0.471. The Kier molecular flexibility index (Phi) is 7.70. The molecule has 1 amide bonds. The van der Waals surface area contributed by atoms with Gasteiger partial charge in [-0.1, -0.05) is 26.0 Å². The van der Waals surface area contributed by atoms with Gasteiger partial charge in [0, 0.05) is 24.0 Å². The van der Waals surface area contributed by atoms with Crippen molar-refractivity contribution in [3.63, 3.8) is 0 Å². The minimum atomic E-state index is -1.14. The van der Waals surface area contributed by atoms with Crippen molar-refractivity contribution in [2.75, 3.05) is 14.2 Å². The molecule has 0 fully saturated rings. The van der Waals surface area contributed by atoms with Gasteiger partial charge < -0.3 is 14.8 Å². The van der Waals surface area contributed by atoms with E-state index in [4.69, 9.17) is 4.74 Å². The van der Waals surface area contributed by atoms with Crippen molar-refractivity contribution in [1.29, 1.82) is 0 Å². The largest absolute Gasteiger partial charge is 0.469 e. The number of hydrogen-bond acceptors (Lipinski definition) is 7. The molecule has 0 aliphatic heterocycles. The number of ether oxygens (including phenoxy) is 2. The predicted octanol–water partition coefficient (Wildman–Crippen LogP) is 1.56. The molecule has 0 bridgehead atoms. The molecule has 1 aromatic rings. The molecule has 1 N–H and O–H groups in total. The lowest BCUT2D eigenvalue weighted by Crippen LogP contribution is -2.47. The molecule has 0 aliphatic carbocycles. The highest BCUT2D eigenvalue weighted by Crippen LogP contribution is 2.27. The van der Waals surface area contributed by atoms with E-state index in [0.717, 1.165) is 0 Å². The van der Waals surface area contributed by atoms with Crippen LogP contribution in [-0.2, 0) is 23.9 Å². The molecule has 0 heterocycles. The molecule has 0 saturated heterocycles. The van der Waals surface area contributed by atoms with Gasteiger partial charge in [-0.25, -0.2) is 4.79 Å². The molecule has 0 unspecified atom stereocenters. The second-order valence-electron chi connectivity index (χ2n) is 5.90. The second kappa shape index (κ2) is 9.50. The summed E-state index contributed by atoms with van der Waals surface area (Å²) in [5.41, 5.74) is 0.326. The molecule has 0 spiro atoms. The van der Waals surface area contributed by atoms with Crippen LogP contribution in [0.1, 0.15) is 31.7 Å². The Morgan fingerprint density at radius 3 is 2.12 bits per heavy atom. The van der Waals surface area contributed by atoms with E-state index in [-0.39, 0.29) is 12.1 Å². The maximum atomic E-state index is 12.2. The molecule has 26 heavy (non-hydrogen) atoms. The van der Waals surface area contributed by atoms with Crippen molar-refractivity contribution in [1.82, 2.24) is 5.32 Å². The number of carbonyl (C=O) groups is 3. The summed E-state index contributed by atoms with van der Waals surface area (Å²) < 4.78 is 9.43. The van der Waals surface area contributed by atoms with Crippen molar-refractivity contribution >= 4 is 23.5 Å². The van der Waals surface area contributed by atoms with Crippen molar-refractivity contribution in [3.8, 4) is 0 Å². The SMILES string of the molecule is COC(=O)C[C@H](c1ccc([N+](=O)[O-])cc1)[C@@H](NC(=O)C(C)C)C(=O)OC. The first kappa shape index (κ1) is 21.1. The number of amides is 1. The number of nitrogens with one attached hydrogen (secondary N) is 1. The first-order valence-corrected chi connectivity index (χ1v) is 7.90. The van der Waals surface area contributed by atoms with E-state index in [0.29, 0.717) is 5.56 Å². The molecular formula is C17H22N2O7. The normalized spacial score (nSPS) is 12.8. The van der Waals surface area contributed by atoms with Gasteiger partial charge in [0.15, 0.2) is 0 Å². The summed E-state index contributed by atoms with van der Waals surface area (Å²) in [4.78, 5) is 46.4. The fourth-order valence-electron chi connectivity index (χ4n) is 2.30. The van der Waals surface area contributed by atoms with Crippen molar-refractivity contribution in [2.24, 2.45) is 5.92 Å². The van der Waals surface area contributed by atoms with E-state index >= 15 is 0 Å². The number of carbonyl (C=O) groups excluding carboxylic acids is 3. The zero-order chi connectivity index (χ0) is 19.9. The summed E-state index contributed by atoms with van der Waals surface area (Å²) in [6.07, 6.45) is -0.216. The van der Waals surface area contributed by atoms with Gasteiger partial charge in [0.1, 0.15) is 6.04 Å². The average molecular weight is 366 g/mol. The van der Waals surface area contributed by atoms with Crippen LogP contribution in [0.5, 0.6) is 0 Å². The molecule has 0 saturated carbocycles. The molecular weight excluding hydrogens is 344 g/mol. The third-order valence-corrected chi connectivity index (χ3v) is 3.83. The van der Waals surface area contributed by atoms with Crippen molar-refractivity contribution in [3.05, 3.63) is 39.9 Å². The first-order valence-electron chi connectivity index (χ1n) is 7.90. The fourth-order valence-corrected chi connectivity index (χ4v) is 2.30. The Balaban J connectivity index is 3.29. The molecule has 0 aliphatic rings. The van der Waals surface area contributed by atoms with Gasteiger partial charge in [0.25, 0.3) is 5.69 Å². The van der Waals surface area contributed by atoms with Gasteiger partial charge in [-0.05, 0) is 5.56 Å². The zero-order valence-electron chi connectivity index (χ0n) is 15.1. The summed E-state index contributed by atoms with van der Waals surface area (Å²) in [6.45, 7) is 3.32. The number of benzene rings is 1. The van der Waals surface area contributed by atoms with Gasteiger partial charge in [-0.3, -0.25) is 19.7 Å². The molecule has 2 atom stereocenters. The topological polar surface area (TPSA) is 125 Å². The van der Waals surface area contributed by atoms with Gasteiger partial charge in [0.2, 0.25) is 5.91 Å². The van der Waals surface area contributed by atoms with Crippen LogP contribution in [0.15, 0.2) is 24.3 Å². The lowest BCUT2D eigenvalue weighted by atomic mass is 9.88. The number of rotatable bonds is 8. The van der Waals surface area contributed by atoms with Gasteiger partial charge in [-0.2, -0.15) is 0 Å². The van der Waals surface area contributed by atoms with Gasteiger partial charge in [0.05, 0.1) is 25.6 Å². The quantitative estimate of drug-likeness (QED) is 0.420. The number of nitro benzene ring substituents is 1. The van der Waals surface area contributed by atoms with E-state index in [1.807, 2.05) is 0 Å². The number of nitro groups is 1. The first-order chi connectivity index (χ1) is 12.2. The monoisotopic (exact) mass is 366 g/mol. The summed E-state index contributed by atoms with van der Waals surface area (Å²) in [6, 6.07) is 4.25. The lowest BCUT2D eigenvalue weighted by molar-refractivity contribution is -0.384.